The van der Waals surface area contributed by atoms with E-state index in [2.05, 4.69) is 24.7 Å². The van der Waals surface area contributed by atoms with Crippen molar-refractivity contribution in [2.24, 2.45) is 7.05 Å². The van der Waals surface area contributed by atoms with Gasteiger partial charge in [0.05, 0.1) is 17.6 Å². The van der Waals surface area contributed by atoms with Gasteiger partial charge < -0.3 is 14.5 Å². The number of piperazine rings is 1. The van der Waals surface area contributed by atoms with Crippen LogP contribution in [0.1, 0.15) is 25.0 Å². The summed E-state index contributed by atoms with van der Waals surface area (Å²) >= 11 is 6.89. The van der Waals surface area contributed by atoms with Crippen LogP contribution in [0.25, 0.3) is 11.3 Å². The minimum atomic E-state index is -4.03. The number of rotatable bonds is 8. The van der Waals surface area contributed by atoms with Gasteiger partial charge in [0.2, 0.25) is 17.7 Å². The van der Waals surface area contributed by atoms with Crippen LogP contribution in [0, 0.1) is 6.92 Å². The second kappa shape index (κ2) is 12.0. The minimum absolute atomic E-state index is 0.0197. The molecular weight excluding hydrogens is 578 g/mol. The maximum Gasteiger partial charge on any atom is 0.267 e. The first-order chi connectivity index (χ1) is 20.1. The van der Waals surface area contributed by atoms with E-state index in [-0.39, 0.29) is 22.6 Å². The summed E-state index contributed by atoms with van der Waals surface area (Å²) in [5, 5.41) is 4.36. The summed E-state index contributed by atoms with van der Waals surface area (Å²) in [6.45, 7) is 7.96. The summed E-state index contributed by atoms with van der Waals surface area (Å²) in [5.74, 6) is 0.466. The molecule has 0 aliphatic carbocycles. The number of nitrogens with one attached hydrogen (secondary N) is 1. The van der Waals surface area contributed by atoms with Gasteiger partial charge in [0.1, 0.15) is 15.7 Å². The number of sulfonamides is 1. The first-order valence-electron chi connectivity index (χ1n) is 13.5. The van der Waals surface area contributed by atoms with Gasteiger partial charge in [-0.1, -0.05) is 48.9 Å². The number of amides is 1. The van der Waals surface area contributed by atoms with Crippen LogP contribution in [-0.2, 0) is 28.3 Å². The molecule has 2 aromatic carbocycles. The number of hydrogen-bond acceptors (Lipinski definition) is 8. The zero-order valence-corrected chi connectivity index (χ0v) is 25.4. The Balaban J connectivity index is 1.55. The smallest absolute Gasteiger partial charge is 0.267 e. The molecular formula is C29H32ClN7O4S. The maximum atomic E-state index is 13.2. The fourth-order valence-electron chi connectivity index (χ4n) is 4.88. The highest BCUT2D eigenvalue weighted by molar-refractivity contribution is 7.92. The molecule has 13 heteroatoms. The number of benzene rings is 2. The van der Waals surface area contributed by atoms with E-state index in [0.29, 0.717) is 54.6 Å². The topological polar surface area (TPSA) is 123 Å². The fraction of sp³-hybridized carbons (Fsp3) is 0.310. The number of carbonyl (C=O) groups is 1. The number of ether oxygens (including phenoxy) is 1. The number of hydrogen-bond donors (Lipinski definition) is 1. The van der Waals surface area contributed by atoms with Crippen molar-refractivity contribution in [3.63, 3.8) is 0 Å². The first kappa shape index (κ1) is 29.3. The normalized spacial score (nSPS) is 13.7. The van der Waals surface area contributed by atoms with Gasteiger partial charge >= 0.3 is 0 Å². The largest absolute Gasteiger partial charge is 0.437 e. The van der Waals surface area contributed by atoms with Gasteiger partial charge in [0.25, 0.3) is 10.0 Å². The van der Waals surface area contributed by atoms with Crippen LogP contribution in [0.15, 0.2) is 59.8 Å². The number of halogens is 1. The molecule has 5 rings (SSSR count). The molecule has 0 spiro atoms. The SMILES string of the molecule is CCc1c(Oc2cccc(N3CCN(C(C)=O)CC3)c2Cl)nc(NS(=O)(=O)c2cnn(C)c2)nc1-c1ccccc1C. The highest BCUT2D eigenvalue weighted by Gasteiger charge is 2.25. The van der Waals surface area contributed by atoms with Gasteiger partial charge in [-0.3, -0.25) is 9.48 Å². The Bertz CT molecular complexity index is 1730. The van der Waals surface area contributed by atoms with Crippen LogP contribution in [-0.4, -0.2) is 65.2 Å². The number of anilines is 2. The molecule has 11 nitrogen and oxygen atoms in total. The summed E-state index contributed by atoms with van der Waals surface area (Å²) in [7, 11) is -2.39. The molecule has 0 atom stereocenters. The molecule has 42 heavy (non-hydrogen) atoms. The van der Waals surface area contributed by atoms with Crippen molar-refractivity contribution < 1.29 is 17.9 Å². The van der Waals surface area contributed by atoms with E-state index in [0.717, 1.165) is 16.8 Å². The molecule has 2 aromatic heterocycles. The van der Waals surface area contributed by atoms with Gasteiger partial charge in [-0.05, 0) is 31.0 Å². The standard InChI is InChI=1S/C29H32ClN7O4S/c1-5-22-27(23-10-7-6-9-19(23)2)32-29(34-42(39,40)21-17-31-35(4)18-21)33-28(22)41-25-12-8-11-24(26(25)30)37-15-13-36(14-16-37)20(3)38/h6-12,17-18H,5,13-16H2,1-4H3,(H,32,33,34). The van der Waals surface area contributed by atoms with Gasteiger partial charge in [-0.2, -0.15) is 10.1 Å². The average Bonchev–Trinajstić information content (AvgIpc) is 3.41. The zero-order valence-electron chi connectivity index (χ0n) is 23.8. The second-order valence-electron chi connectivity index (χ2n) is 9.99. The Morgan fingerprint density at radius 2 is 1.81 bits per heavy atom. The molecule has 0 saturated carbocycles. The van der Waals surface area contributed by atoms with E-state index in [1.165, 1.54) is 17.1 Å². The van der Waals surface area contributed by atoms with E-state index in [9.17, 15) is 13.2 Å². The van der Waals surface area contributed by atoms with E-state index in [1.807, 2.05) is 50.2 Å². The van der Waals surface area contributed by atoms with Crippen molar-refractivity contribution in [1.82, 2.24) is 24.6 Å². The second-order valence-corrected chi connectivity index (χ2v) is 12.0. The lowest BCUT2D eigenvalue weighted by molar-refractivity contribution is -0.129. The molecule has 1 N–H and O–H groups in total. The van der Waals surface area contributed by atoms with Gasteiger partial charge in [-0.15, -0.1) is 0 Å². The highest BCUT2D eigenvalue weighted by Crippen LogP contribution is 2.40. The molecule has 0 bridgehead atoms. The number of aryl methyl sites for hydroxylation is 2. The Morgan fingerprint density at radius 3 is 2.45 bits per heavy atom. The molecule has 4 aromatic rings. The van der Waals surface area contributed by atoms with Crippen molar-refractivity contribution in [2.75, 3.05) is 35.8 Å². The van der Waals surface area contributed by atoms with E-state index in [1.54, 1.807) is 24.9 Å². The van der Waals surface area contributed by atoms with E-state index < -0.39 is 10.0 Å². The molecule has 0 radical (unpaired) electrons. The van der Waals surface area contributed by atoms with Crippen molar-refractivity contribution in [2.45, 2.75) is 32.1 Å². The lowest BCUT2D eigenvalue weighted by Gasteiger charge is -2.36. The third-order valence-electron chi connectivity index (χ3n) is 7.16. The number of carbonyl (C=O) groups excluding carboxylic acids is 1. The Hall–Kier alpha value is -4.16. The molecule has 1 aliphatic rings. The van der Waals surface area contributed by atoms with E-state index in [4.69, 9.17) is 16.3 Å². The number of nitrogens with zero attached hydrogens (tertiary/aromatic N) is 6. The van der Waals surface area contributed by atoms with Crippen LogP contribution in [0.3, 0.4) is 0 Å². The Labute approximate surface area is 250 Å². The third kappa shape index (κ3) is 6.04. The van der Waals surface area contributed by atoms with Crippen LogP contribution in [0.2, 0.25) is 5.02 Å². The lowest BCUT2D eigenvalue weighted by Crippen LogP contribution is -2.48. The van der Waals surface area contributed by atoms with Crippen LogP contribution >= 0.6 is 11.6 Å². The summed E-state index contributed by atoms with van der Waals surface area (Å²) in [6, 6.07) is 13.2. The van der Waals surface area contributed by atoms with E-state index >= 15 is 0 Å². The predicted octanol–water partition coefficient (Wildman–Crippen LogP) is 4.66. The van der Waals surface area contributed by atoms with Crippen LogP contribution in [0.5, 0.6) is 11.6 Å². The van der Waals surface area contributed by atoms with Crippen molar-refractivity contribution >= 4 is 39.2 Å². The van der Waals surface area contributed by atoms with Gasteiger partial charge in [0.15, 0.2) is 0 Å². The van der Waals surface area contributed by atoms with Crippen molar-refractivity contribution in [1.29, 1.82) is 0 Å². The Kier molecular flexibility index (Phi) is 8.37. The first-order valence-corrected chi connectivity index (χ1v) is 15.4. The van der Waals surface area contributed by atoms with Crippen molar-refractivity contribution in [3.05, 3.63) is 71.0 Å². The van der Waals surface area contributed by atoms with Gasteiger partial charge in [0, 0.05) is 57.5 Å². The maximum absolute atomic E-state index is 13.2. The minimum Gasteiger partial charge on any atom is -0.437 e. The molecule has 1 saturated heterocycles. The molecule has 3 heterocycles. The molecule has 220 valence electrons. The van der Waals surface area contributed by atoms with Crippen LogP contribution in [0.4, 0.5) is 11.6 Å². The Morgan fingerprint density at radius 1 is 1.07 bits per heavy atom. The third-order valence-corrected chi connectivity index (χ3v) is 8.82. The number of aromatic nitrogens is 4. The monoisotopic (exact) mass is 609 g/mol. The summed E-state index contributed by atoms with van der Waals surface area (Å²) in [4.78, 5) is 24.8. The lowest BCUT2D eigenvalue weighted by atomic mass is 10.0. The summed E-state index contributed by atoms with van der Waals surface area (Å²) < 4.78 is 36.6. The molecule has 1 fully saturated rings. The quantitative estimate of drug-likeness (QED) is 0.306. The average molecular weight is 610 g/mol. The highest BCUT2D eigenvalue weighted by atomic mass is 35.5. The molecule has 0 unspecified atom stereocenters. The summed E-state index contributed by atoms with van der Waals surface area (Å²) in [5.41, 5.74) is 3.82. The fourth-order valence-corrected chi connectivity index (χ4v) is 6.09. The van der Waals surface area contributed by atoms with Crippen LogP contribution < -0.4 is 14.4 Å². The molecule has 1 aliphatic heterocycles. The summed E-state index contributed by atoms with van der Waals surface area (Å²) in [6.07, 6.45) is 3.16. The molecule has 1 amide bonds. The predicted molar refractivity (Wildman–Crippen MR) is 162 cm³/mol. The van der Waals surface area contributed by atoms with Gasteiger partial charge in [-0.25, -0.2) is 18.1 Å². The zero-order chi connectivity index (χ0) is 30.0. The van der Waals surface area contributed by atoms with Crippen molar-refractivity contribution in [3.8, 4) is 22.9 Å².